The molecule has 3 aromatic rings. The molecule has 4 aliphatic rings. The first-order valence-corrected chi connectivity index (χ1v) is 22.1. The standard InChI is InChI=1S/C43H53N5O8S/c1-4-56-38-26-31(12-14-37(38)55-2)36(27-57(3,53)54)48-42(51)34-6-5-7-35(40(34)43(48)52)44-32-18-22-47(23-19-32)25-24-46-20-16-29(17-21-46)28-8-10-30(11-9-28)33-13-15-39(49)45-41(33)50/h5-12,14,26,29,32-33,36,44H,4,13,15-25,27H2,1-3H3,(H,45,49,50)/t33?,36-/m1/s1. The third-order valence-corrected chi connectivity index (χ3v) is 12.8. The van der Waals surface area contributed by atoms with E-state index in [1.807, 2.05) is 13.0 Å². The Balaban J connectivity index is 0.915. The molecular weight excluding hydrogens is 747 g/mol. The van der Waals surface area contributed by atoms with Crippen LogP contribution >= 0.6 is 0 Å². The topological polar surface area (TPSA) is 155 Å². The second-order valence-corrected chi connectivity index (χ2v) is 17.9. The summed E-state index contributed by atoms with van der Waals surface area (Å²) in [6.07, 6.45) is 5.99. The van der Waals surface area contributed by atoms with Crippen molar-refractivity contribution in [2.75, 3.05) is 70.3 Å². The van der Waals surface area contributed by atoms with Gasteiger partial charge in [0, 0.05) is 50.6 Å². The fourth-order valence-corrected chi connectivity index (χ4v) is 9.70. The number of sulfone groups is 1. The fourth-order valence-electron chi connectivity index (χ4n) is 8.79. The van der Waals surface area contributed by atoms with Gasteiger partial charge in [-0.1, -0.05) is 36.4 Å². The molecule has 13 nitrogen and oxygen atoms in total. The molecule has 304 valence electrons. The number of anilines is 1. The predicted molar refractivity (Wildman–Crippen MR) is 217 cm³/mol. The van der Waals surface area contributed by atoms with Gasteiger partial charge in [-0.05, 0) is 99.0 Å². The van der Waals surface area contributed by atoms with Crippen molar-refractivity contribution in [3.63, 3.8) is 0 Å². The van der Waals surface area contributed by atoms with Gasteiger partial charge in [-0.3, -0.25) is 29.4 Å². The largest absolute Gasteiger partial charge is 0.493 e. The Hall–Kier alpha value is -4.79. The normalized spacial score (nSPS) is 20.7. The van der Waals surface area contributed by atoms with Crippen molar-refractivity contribution in [1.82, 2.24) is 20.0 Å². The number of imide groups is 2. The molecular formula is C43H53N5O8S. The quantitative estimate of drug-likeness (QED) is 0.217. The van der Waals surface area contributed by atoms with Crippen LogP contribution in [-0.2, 0) is 19.4 Å². The van der Waals surface area contributed by atoms with Crippen molar-refractivity contribution in [1.29, 1.82) is 0 Å². The number of methoxy groups -OCH3 is 1. The molecule has 0 saturated carbocycles. The zero-order chi connectivity index (χ0) is 40.3. The molecule has 4 amide bonds. The van der Waals surface area contributed by atoms with Gasteiger partial charge in [-0.25, -0.2) is 8.42 Å². The average molecular weight is 800 g/mol. The highest BCUT2D eigenvalue weighted by molar-refractivity contribution is 7.90. The minimum Gasteiger partial charge on any atom is -0.493 e. The summed E-state index contributed by atoms with van der Waals surface area (Å²) in [5.74, 6) is -0.765. The van der Waals surface area contributed by atoms with Gasteiger partial charge in [0.25, 0.3) is 11.8 Å². The van der Waals surface area contributed by atoms with Crippen LogP contribution in [0.4, 0.5) is 5.69 Å². The third kappa shape index (κ3) is 9.18. The highest BCUT2D eigenvalue weighted by Crippen LogP contribution is 2.39. The highest BCUT2D eigenvalue weighted by Gasteiger charge is 2.43. The molecule has 7 rings (SSSR count). The number of rotatable bonds is 14. The summed E-state index contributed by atoms with van der Waals surface area (Å²) in [6.45, 7) is 8.08. The number of likely N-dealkylation sites (tertiary alicyclic amines) is 2. The summed E-state index contributed by atoms with van der Waals surface area (Å²) < 4.78 is 36.5. The van der Waals surface area contributed by atoms with E-state index in [1.165, 1.54) is 12.7 Å². The predicted octanol–water partition coefficient (Wildman–Crippen LogP) is 4.75. The second-order valence-electron chi connectivity index (χ2n) is 15.7. The number of benzene rings is 3. The number of ether oxygens (including phenoxy) is 2. The average Bonchev–Trinajstić information content (AvgIpc) is 3.46. The maximum Gasteiger partial charge on any atom is 0.264 e. The maximum absolute atomic E-state index is 14.2. The van der Waals surface area contributed by atoms with Crippen LogP contribution in [0.25, 0.3) is 0 Å². The van der Waals surface area contributed by atoms with Gasteiger partial charge in [-0.2, -0.15) is 0 Å². The van der Waals surface area contributed by atoms with E-state index in [-0.39, 0.29) is 34.9 Å². The number of carbonyl (C=O) groups is 4. The first-order chi connectivity index (χ1) is 27.4. The summed E-state index contributed by atoms with van der Waals surface area (Å²) >= 11 is 0. The monoisotopic (exact) mass is 799 g/mol. The van der Waals surface area contributed by atoms with E-state index in [2.05, 4.69) is 44.7 Å². The van der Waals surface area contributed by atoms with E-state index < -0.39 is 33.4 Å². The summed E-state index contributed by atoms with van der Waals surface area (Å²) in [4.78, 5) is 58.0. The Morgan fingerprint density at radius 2 is 1.49 bits per heavy atom. The zero-order valence-corrected chi connectivity index (χ0v) is 33.8. The van der Waals surface area contributed by atoms with E-state index in [1.54, 1.807) is 30.3 Å². The van der Waals surface area contributed by atoms with Gasteiger partial charge < -0.3 is 24.6 Å². The van der Waals surface area contributed by atoms with Crippen molar-refractivity contribution in [2.24, 2.45) is 0 Å². The number of nitrogens with zero attached hydrogens (tertiary/aromatic N) is 3. The maximum atomic E-state index is 14.2. The molecule has 4 aliphatic heterocycles. The molecule has 3 fully saturated rings. The lowest BCUT2D eigenvalue weighted by Crippen LogP contribution is -2.44. The lowest BCUT2D eigenvalue weighted by Gasteiger charge is -2.36. The SMILES string of the molecule is CCOc1cc([C@@H](CS(C)(=O)=O)N2C(=O)c3cccc(NC4CCN(CCN5CCC(c6ccc(C7CCC(=O)NC7=O)cc6)CC5)CC4)c3C2=O)ccc1OC. The molecule has 1 unspecified atom stereocenters. The second kappa shape index (κ2) is 17.4. The van der Waals surface area contributed by atoms with Gasteiger partial charge >= 0.3 is 0 Å². The Labute approximate surface area is 335 Å². The van der Waals surface area contributed by atoms with E-state index in [9.17, 15) is 27.6 Å². The molecule has 0 radical (unpaired) electrons. The summed E-state index contributed by atoms with van der Waals surface area (Å²) in [5.41, 5.74) is 3.86. The van der Waals surface area contributed by atoms with Crippen molar-refractivity contribution < 1.29 is 37.1 Å². The van der Waals surface area contributed by atoms with Crippen LogP contribution in [0, 0.1) is 0 Å². The van der Waals surface area contributed by atoms with Gasteiger partial charge in [-0.15, -0.1) is 0 Å². The van der Waals surface area contributed by atoms with E-state index in [0.29, 0.717) is 48.1 Å². The summed E-state index contributed by atoms with van der Waals surface area (Å²) in [7, 11) is -2.10. The fraction of sp³-hybridized carbons (Fsp3) is 0.488. The number of piperidine rings is 3. The minimum absolute atomic E-state index is 0.115. The van der Waals surface area contributed by atoms with Crippen LogP contribution in [0.3, 0.4) is 0 Å². The Morgan fingerprint density at radius 3 is 2.12 bits per heavy atom. The molecule has 4 heterocycles. The van der Waals surface area contributed by atoms with Crippen molar-refractivity contribution >= 4 is 39.2 Å². The Morgan fingerprint density at radius 1 is 0.825 bits per heavy atom. The molecule has 14 heteroatoms. The first-order valence-electron chi connectivity index (χ1n) is 20.1. The minimum atomic E-state index is -3.61. The number of amides is 4. The first kappa shape index (κ1) is 40.4. The number of fused-ring (bicyclic) bond motifs is 1. The van der Waals surface area contributed by atoms with Crippen molar-refractivity contribution in [3.05, 3.63) is 88.5 Å². The number of hydrogen-bond donors (Lipinski definition) is 2. The smallest absolute Gasteiger partial charge is 0.264 e. The molecule has 0 bridgehead atoms. The van der Waals surface area contributed by atoms with Crippen LogP contribution in [0.2, 0.25) is 0 Å². The summed E-state index contributed by atoms with van der Waals surface area (Å²) in [5, 5.41) is 6.02. The molecule has 2 atom stereocenters. The number of carbonyl (C=O) groups excluding carboxylic acids is 4. The van der Waals surface area contributed by atoms with Crippen LogP contribution in [-0.4, -0.2) is 118 Å². The van der Waals surface area contributed by atoms with Crippen LogP contribution < -0.4 is 20.1 Å². The molecule has 3 aromatic carbocycles. The highest BCUT2D eigenvalue weighted by atomic mass is 32.2. The van der Waals surface area contributed by atoms with Crippen LogP contribution in [0.5, 0.6) is 11.5 Å². The van der Waals surface area contributed by atoms with Crippen LogP contribution in [0.1, 0.15) is 101 Å². The van der Waals surface area contributed by atoms with Gasteiger partial charge in [0.1, 0.15) is 9.84 Å². The number of hydrogen-bond acceptors (Lipinski definition) is 11. The molecule has 0 spiro atoms. The van der Waals surface area contributed by atoms with E-state index in [0.717, 1.165) is 81.7 Å². The van der Waals surface area contributed by atoms with Gasteiger partial charge in [0.2, 0.25) is 11.8 Å². The molecule has 3 saturated heterocycles. The summed E-state index contributed by atoms with van der Waals surface area (Å²) in [6, 6.07) is 17.7. The molecule has 2 N–H and O–H groups in total. The molecule has 0 aliphatic carbocycles. The zero-order valence-electron chi connectivity index (χ0n) is 33.0. The Bertz CT molecular complexity index is 2090. The van der Waals surface area contributed by atoms with Gasteiger partial charge in [0.15, 0.2) is 11.5 Å². The van der Waals surface area contributed by atoms with Gasteiger partial charge in [0.05, 0.1) is 42.6 Å². The van der Waals surface area contributed by atoms with E-state index in [4.69, 9.17) is 9.47 Å². The number of nitrogens with one attached hydrogen (secondary N) is 2. The molecule has 57 heavy (non-hydrogen) atoms. The molecule has 0 aromatic heterocycles. The van der Waals surface area contributed by atoms with Crippen molar-refractivity contribution in [2.45, 2.75) is 69.4 Å². The third-order valence-electron chi connectivity index (χ3n) is 11.9. The Kier molecular flexibility index (Phi) is 12.3. The lowest BCUT2D eigenvalue weighted by atomic mass is 9.86. The van der Waals surface area contributed by atoms with Crippen LogP contribution in [0.15, 0.2) is 60.7 Å². The van der Waals surface area contributed by atoms with Crippen molar-refractivity contribution in [3.8, 4) is 11.5 Å². The van der Waals surface area contributed by atoms with E-state index >= 15 is 0 Å². The lowest BCUT2D eigenvalue weighted by molar-refractivity contribution is -0.134.